The summed E-state index contributed by atoms with van der Waals surface area (Å²) in [7, 11) is -1.95. The van der Waals surface area contributed by atoms with Crippen LogP contribution in [0.3, 0.4) is 0 Å². The Morgan fingerprint density at radius 1 is 0.950 bits per heavy atom. The molecule has 0 bridgehead atoms. The molecule has 2 aliphatic rings. The summed E-state index contributed by atoms with van der Waals surface area (Å²) in [4.78, 5) is 31.1. The number of urea groups is 1. The first-order valence-corrected chi connectivity index (χ1v) is 14.8. The Labute approximate surface area is 239 Å². The highest BCUT2D eigenvalue weighted by Gasteiger charge is 2.42. The van der Waals surface area contributed by atoms with Crippen LogP contribution in [0.4, 0.5) is 22.4 Å². The van der Waals surface area contributed by atoms with Crippen molar-refractivity contribution in [3.8, 4) is 0 Å². The van der Waals surface area contributed by atoms with Gasteiger partial charge in [-0.1, -0.05) is 29.3 Å². The number of amides is 3. The first-order chi connectivity index (χ1) is 18.6. The number of carbonyl (C=O) groups excluding carboxylic acids is 2. The van der Waals surface area contributed by atoms with E-state index in [-0.39, 0.29) is 55.9 Å². The number of likely N-dealkylation sites (tertiary alicyclic amines) is 1. The highest BCUT2D eigenvalue weighted by Crippen LogP contribution is 2.36. The van der Waals surface area contributed by atoms with Crippen molar-refractivity contribution in [1.82, 2.24) is 19.0 Å². The molecule has 218 valence electrons. The molecule has 2 heterocycles. The van der Waals surface area contributed by atoms with E-state index < -0.39 is 45.4 Å². The van der Waals surface area contributed by atoms with E-state index in [0.717, 1.165) is 12.3 Å². The second-order valence-corrected chi connectivity index (χ2v) is 12.6. The number of alkyl halides is 3. The third kappa shape index (κ3) is 6.32. The largest absolute Gasteiger partial charge is 0.419 e. The van der Waals surface area contributed by atoms with Crippen LogP contribution in [0.15, 0.2) is 36.4 Å². The van der Waals surface area contributed by atoms with Crippen LogP contribution >= 0.6 is 23.2 Å². The number of carbonyl (C=O) groups is 2. The second kappa shape index (κ2) is 11.3. The molecule has 8 nitrogen and oxygen atoms in total. The predicted octanol–water partition coefficient (Wildman–Crippen LogP) is 4.39. The normalized spacial score (nSPS) is 20.6. The highest BCUT2D eigenvalue weighted by molar-refractivity contribution is 7.88. The molecule has 4 rings (SSSR count). The van der Waals surface area contributed by atoms with Gasteiger partial charge in [-0.25, -0.2) is 17.6 Å². The van der Waals surface area contributed by atoms with Crippen molar-refractivity contribution in [3.05, 3.63) is 69.0 Å². The van der Waals surface area contributed by atoms with Crippen LogP contribution in [-0.4, -0.2) is 98.0 Å². The zero-order chi connectivity index (χ0) is 29.6. The van der Waals surface area contributed by atoms with E-state index in [1.54, 1.807) is 18.2 Å². The van der Waals surface area contributed by atoms with Crippen molar-refractivity contribution in [2.24, 2.45) is 0 Å². The Kier molecular flexibility index (Phi) is 8.61. The van der Waals surface area contributed by atoms with E-state index in [1.807, 2.05) is 0 Å². The molecule has 0 radical (unpaired) electrons. The number of nitrogens with zero attached hydrogens (tertiary/aromatic N) is 4. The maximum absolute atomic E-state index is 14.2. The van der Waals surface area contributed by atoms with Gasteiger partial charge in [-0.05, 0) is 35.9 Å². The topological polar surface area (TPSA) is 81.2 Å². The fourth-order valence-electron chi connectivity index (χ4n) is 5.05. The van der Waals surface area contributed by atoms with E-state index in [4.69, 9.17) is 23.2 Å². The Morgan fingerprint density at radius 2 is 1.60 bits per heavy atom. The van der Waals surface area contributed by atoms with Gasteiger partial charge >= 0.3 is 12.2 Å². The van der Waals surface area contributed by atoms with Crippen LogP contribution < -0.4 is 0 Å². The van der Waals surface area contributed by atoms with Gasteiger partial charge < -0.3 is 14.7 Å². The molecule has 2 atom stereocenters. The SMILES string of the molecule is CN(C(=O)c1ccc(C(F)(F)F)c(F)c1)[C@@H]1CN(C(=O)N2CCN(S(C)(=O)=O)CC2)C[C@H]1c1ccc(Cl)c(Cl)c1. The average Bonchev–Trinajstić information content (AvgIpc) is 3.33. The second-order valence-electron chi connectivity index (χ2n) is 9.79. The van der Waals surface area contributed by atoms with E-state index in [0.29, 0.717) is 22.7 Å². The first-order valence-electron chi connectivity index (χ1n) is 12.2. The number of halogens is 6. The summed E-state index contributed by atoms with van der Waals surface area (Å²) in [5, 5.41) is 0.569. The molecule has 0 aliphatic carbocycles. The lowest BCUT2D eigenvalue weighted by atomic mass is 9.93. The van der Waals surface area contributed by atoms with Crippen LogP contribution in [0.2, 0.25) is 10.0 Å². The molecule has 2 aromatic carbocycles. The molecule has 2 aromatic rings. The van der Waals surface area contributed by atoms with E-state index in [1.165, 1.54) is 26.1 Å². The molecule has 0 saturated carbocycles. The van der Waals surface area contributed by atoms with Crippen LogP contribution in [0.5, 0.6) is 0 Å². The van der Waals surface area contributed by atoms with Crippen molar-refractivity contribution in [1.29, 1.82) is 0 Å². The summed E-state index contributed by atoms with van der Waals surface area (Å²) in [5.41, 5.74) is -1.08. The summed E-state index contributed by atoms with van der Waals surface area (Å²) in [5.74, 6) is -2.74. The zero-order valence-corrected chi connectivity index (χ0v) is 23.8. The van der Waals surface area contributed by atoms with Gasteiger partial charge in [0, 0.05) is 57.8 Å². The van der Waals surface area contributed by atoms with Crippen molar-refractivity contribution in [2.45, 2.75) is 18.1 Å². The van der Waals surface area contributed by atoms with Gasteiger partial charge in [-0.15, -0.1) is 0 Å². The lowest BCUT2D eigenvalue weighted by molar-refractivity contribution is -0.140. The maximum Gasteiger partial charge on any atom is 0.419 e. The summed E-state index contributed by atoms with van der Waals surface area (Å²) in [6, 6.07) is 5.91. The minimum Gasteiger partial charge on any atom is -0.336 e. The van der Waals surface area contributed by atoms with Gasteiger partial charge in [0.05, 0.1) is 27.9 Å². The molecule has 15 heteroatoms. The smallest absolute Gasteiger partial charge is 0.336 e. The predicted molar refractivity (Wildman–Crippen MR) is 141 cm³/mol. The van der Waals surface area contributed by atoms with Gasteiger partial charge in [0.1, 0.15) is 5.82 Å². The third-order valence-corrected chi connectivity index (χ3v) is 9.29. The molecule has 2 aliphatic heterocycles. The zero-order valence-electron chi connectivity index (χ0n) is 21.5. The Balaban J connectivity index is 1.59. The van der Waals surface area contributed by atoms with E-state index >= 15 is 0 Å². The standard InChI is InChI=1S/C25H26Cl2F4N4O4S/c1-32(23(36)16-3-5-18(21(28)12-16)25(29,30)31)22-14-34(13-17(22)15-4-6-19(26)20(27)11-15)24(37)33-7-9-35(10-8-33)40(2,38)39/h3-6,11-12,17,22H,7-10,13-14H2,1-2H3/t17-,22+/m0/s1. The molecular weight excluding hydrogens is 599 g/mol. The van der Waals surface area contributed by atoms with Gasteiger partial charge in [0.25, 0.3) is 5.91 Å². The van der Waals surface area contributed by atoms with Gasteiger partial charge in [0.15, 0.2) is 0 Å². The molecular formula is C25H26Cl2F4N4O4S. The summed E-state index contributed by atoms with van der Waals surface area (Å²) >= 11 is 12.3. The summed E-state index contributed by atoms with van der Waals surface area (Å²) < 4.78 is 78.2. The summed E-state index contributed by atoms with van der Waals surface area (Å²) in [6.45, 7) is 0.911. The molecule has 3 amide bonds. The first kappa shape index (κ1) is 30.4. The molecule has 0 unspecified atom stereocenters. The van der Waals surface area contributed by atoms with Crippen LogP contribution in [0.25, 0.3) is 0 Å². The minimum atomic E-state index is -4.91. The number of hydrogen-bond donors (Lipinski definition) is 0. The quantitative estimate of drug-likeness (QED) is 0.473. The summed E-state index contributed by atoms with van der Waals surface area (Å²) in [6.07, 6.45) is -3.80. The lowest BCUT2D eigenvalue weighted by Gasteiger charge is -2.35. The molecule has 0 aromatic heterocycles. The van der Waals surface area contributed by atoms with Crippen LogP contribution in [0.1, 0.15) is 27.4 Å². The number of hydrogen-bond acceptors (Lipinski definition) is 4. The average molecular weight is 625 g/mol. The Bertz CT molecular complexity index is 1420. The number of sulfonamides is 1. The molecule has 2 fully saturated rings. The minimum absolute atomic E-state index is 0.0708. The van der Waals surface area contributed by atoms with Crippen LogP contribution in [-0.2, 0) is 16.2 Å². The van der Waals surface area contributed by atoms with Gasteiger partial charge in [0.2, 0.25) is 10.0 Å². The van der Waals surface area contributed by atoms with Crippen LogP contribution in [0, 0.1) is 5.82 Å². The van der Waals surface area contributed by atoms with Gasteiger partial charge in [-0.3, -0.25) is 4.79 Å². The molecule has 40 heavy (non-hydrogen) atoms. The Morgan fingerprint density at radius 3 is 2.15 bits per heavy atom. The fraction of sp³-hybridized carbons (Fsp3) is 0.440. The molecule has 0 N–H and O–H groups in total. The fourth-order valence-corrected chi connectivity index (χ4v) is 6.18. The third-order valence-electron chi connectivity index (χ3n) is 7.25. The Hall–Kier alpha value is -2.61. The van der Waals surface area contributed by atoms with Crippen molar-refractivity contribution < 1.29 is 35.6 Å². The maximum atomic E-state index is 14.2. The van der Waals surface area contributed by atoms with Crippen molar-refractivity contribution in [2.75, 3.05) is 52.6 Å². The van der Waals surface area contributed by atoms with Gasteiger partial charge in [-0.2, -0.15) is 17.5 Å². The van der Waals surface area contributed by atoms with E-state index in [2.05, 4.69) is 0 Å². The highest BCUT2D eigenvalue weighted by atomic mass is 35.5. The lowest BCUT2D eigenvalue weighted by Crippen LogP contribution is -2.53. The molecule has 2 saturated heterocycles. The van der Waals surface area contributed by atoms with Crippen molar-refractivity contribution in [3.63, 3.8) is 0 Å². The number of piperazine rings is 1. The number of rotatable bonds is 4. The monoisotopic (exact) mass is 624 g/mol. The van der Waals surface area contributed by atoms with E-state index in [9.17, 15) is 35.6 Å². The number of likely N-dealkylation sites (N-methyl/N-ethyl adjacent to an activating group) is 1. The number of benzene rings is 2. The van der Waals surface area contributed by atoms with Crippen molar-refractivity contribution >= 4 is 45.2 Å². The molecule has 0 spiro atoms.